The largest absolute Gasteiger partial charge is 0.355 e. The van der Waals surface area contributed by atoms with Crippen LogP contribution < -0.4 is 36.8 Å². The molecule has 5 aromatic heterocycles. The van der Waals surface area contributed by atoms with Crippen molar-refractivity contribution in [2.24, 2.45) is 13.0 Å². The lowest BCUT2D eigenvalue weighted by Crippen LogP contribution is -2.55. The van der Waals surface area contributed by atoms with Crippen LogP contribution in [0.2, 0.25) is 0 Å². The Hall–Kier alpha value is -10.9. The number of aromatic nitrogens is 6. The van der Waals surface area contributed by atoms with E-state index >= 15 is 0 Å². The summed E-state index contributed by atoms with van der Waals surface area (Å²) >= 11 is 0. The van der Waals surface area contributed by atoms with Gasteiger partial charge in [-0.1, -0.05) is 6.92 Å². The average molecular weight is 1410 g/mol. The lowest BCUT2D eigenvalue weighted by atomic mass is 9.78. The summed E-state index contributed by atoms with van der Waals surface area (Å²) in [5.41, 5.74) is 7.44. The molecule has 6 amide bonds. The summed E-state index contributed by atoms with van der Waals surface area (Å²) in [7, 11) is 1.66. The summed E-state index contributed by atoms with van der Waals surface area (Å²) in [6.45, 7) is 20.3. The molecule has 8 aromatic rings. The van der Waals surface area contributed by atoms with Crippen molar-refractivity contribution in [3.05, 3.63) is 199 Å². The minimum atomic E-state index is -0.784. The van der Waals surface area contributed by atoms with E-state index in [-0.39, 0.29) is 46.2 Å². The SMILES string of the molecule is Cc1cc(NC(=O)c2c(C)c(C(=O)C(=O)NC3(C)CCC(C)CC3)n3c2CCCC3)ccc1F.Cc1cc(NC(=O)c2c(C)c(C(=O)C(=O)NC3(C)CCN(c4cccnn4)CC3)n(C)c2C)ccc1F.Cc1cc(NC(=O)c2c(C)c(C(=O)C(=O)Nc3cccnc3)n3c2CCCC3)ccc1F. The summed E-state index contributed by atoms with van der Waals surface area (Å²) in [4.78, 5) is 124. The number of Topliss-reactive ketones (excluding diaryl/α,β-unsaturated/α-hetero) is 3. The first-order valence-electron chi connectivity index (χ1n) is 34.8. The number of nitrogens with one attached hydrogen (secondary N) is 6. The van der Waals surface area contributed by atoms with Crippen LogP contribution in [-0.4, -0.2) is 106 Å². The molecule has 0 atom stereocenters. The Morgan fingerprint density at radius 2 is 0.913 bits per heavy atom. The van der Waals surface area contributed by atoms with Gasteiger partial charge in [-0.15, -0.1) is 5.10 Å². The predicted octanol–water partition coefficient (Wildman–Crippen LogP) is 12.6. The first kappa shape index (κ1) is 74.8. The highest BCUT2D eigenvalue weighted by Gasteiger charge is 2.39. The summed E-state index contributed by atoms with van der Waals surface area (Å²) in [6.07, 6.45) is 14.5. The summed E-state index contributed by atoms with van der Waals surface area (Å²) < 4.78 is 46.0. The predicted molar refractivity (Wildman–Crippen MR) is 386 cm³/mol. The van der Waals surface area contributed by atoms with Gasteiger partial charge in [0.1, 0.15) is 17.5 Å². The Kier molecular flexibility index (Phi) is 22.9. The van der Waals surface area contributed by atoms with Gasteiger partial charge >= 0.3 is 0 Å². The van der Waals surface area contributed by atoms with E-state index in [9.17, 15) is 56.3 Å². The van der Waals surface area contributed by atoms with Crippen molar-refractivity contribution in [2.75, 3.05) is 39.3 Å². The summed E-state index contributed by atoms with van der Waals surface area (Å²) in [5, 5.41) is 25.0. The van der Waals surface area contributed by atoms with Crippen LogP contribution in [-0.2, 0) is 47.4 Å². The Labute approximate surface area is 596 Å². The number of ketones is 3. The molecule has 1 saturated carbocycles. The van der Waals surface area contributed by atoms with Crippen molar-refractivity contribution in [2.45, 2.75) is 170 Å². The third kappa shape index (κ3) is 16.7. The number of amides is 6. The third-order valence-electron chi connectivity index (χ3n) is 20.3. The van der Waals surface area contributed by atoms with E-state index in [2.05, 4.69) is 58.9 Å². The number of carbonyl (C=O) groups is 9. The Balaban J connectivity index is 0.000000166. The summed E-state index contributed by atoms with van der Waals surface area (Å²) in [5.74, 6) is -4.89. The Bertz CT molecular complexity index is 4640. The first-order chi connectivity index (χ1) is 49.0. The molecule has 0 radical (unpaired) electrons. The minimum Gasteiger partial charge on any atom is -0.355 e. The van der Waals surface area contributed by atoms with Crippen molar-refractivity contribution in [1.29, 1.82) is 0 Å². The van der Waals surface area contributed by atoms with E-state index in [4.69, 9.17) is 0 Å². The molecular weight excluding hydrogens is 1320 g/mol. The van der Waals surface area contributed by atoms with Gasteiger partial charge in [-0.2, -0.15) is 5.10 Å². The maximum Gasteiger partial charge on any atom is 0.298 e. The molecule has 0 bridgehead atoms. The van der Waals surface area contributed by atoms with Crippen LogP contribution in [0.25, 0.3) is 0 Å². The molecule has 2 fully saturated rings. The van der Waals surface area contributed by atoms with Crippen LogP contribution in [0.5, 0.6) is 0 Å². The molecular formula is C78H88F3N13O9. The topological polar surface area (TPSA) is 283 Å². The zero-order valence-corrected chi connectivity index (χ0v) is 60.1. The van der Waals surface area contributed by atoms with E-state index in [1.54, 1.807) is 101 Å². The van der Waals surface area contributed by atoms with E-state index in [1.807, 2.05) is 30.5 Å². The average Bonchev–Trinajstić information content (AvgIpc) is 1.62. The second-order valence-corrected chi connectivity index (χ2v) is 28.0. The molecule has 6 N–H and O–H groups in total. The molecule has 12 rings (SSSR count). The quantitative estimate of drug-likeness (QED) is 0.0388. The smallest absolute Gasteiger partial charge is 0.298 e. The van der Waals surface area contributed by atoms with Gasteiger partial charge in [0.05, 0.1) is 45.7 Å². The van der Waals surface area contributed by atoms with Crippen LogP contribution in [0.15, 0.2) is 97.5 Å². The van der Waals surface area contributed by atoms with Gasteiger partial charge in [-0.05, 0) is 258 Å². The lowest BCUT2D eigenvalue weighted by Gasteiger charge is -2.40. The number of hydrogen-bond acceptors (Lipinski definition) is 13. The van der Waals surface area contributed by atoms with Crippen LogP contribution in [0.1, 0.15) is 198 Å². The van der Waals surface area contributed by atoms with E-state index in [1.165, 1.54) is 48.7 Å². The molecule has 0 spiro atoms. The number of piperidine rings is 1. The second kappa shape index (κ2) is 31.6. The van der Waals surface area contributed by atoms with Crippen molar-refractivity contribution < 1.29 is 56.3 Å². The van der Waals surface area contributed by atoms with Gasteiger partial charge in [-0.3, -0.25) is 48.1 Å². The molecule has 8 heterocycles. The van der Waals surface area contributed by atoms with Gasteiger partial charge in [0, 0.05) is 90.8 Å². The normalized spacial score (nSPS) is 16.6. The fraction of sp³-hybridized carbons (Fsp3) is 0.385. The molecule has 103 heavy (non-hydrogen) atoms. The highest BCUT2D eigenvalue weighted by molar-refractivity contribution is 6.47. The van der Waals surface area contributed by atoms with Crippen LogP contribution >= 0.6 is 0 Å². The second-order valence-electron chi connectivity index (χ2n) is 28.0. The van der Waals surface area contributed by atoms with Gasteiger partial charge < -0.3 is 50.5 Å². The number of halogens is 3. The van der Waals surface area contributed by atoms with E-state index in [0.29, 0.717) is 142 Å². The zero-order valence-electron chi connectivity index (χ0n) is 60.1. The maximum absolute atomic E-state index is 13.6. The van der Waals surface area contributed by atoms with Gasteiger partial charge in [-0.25, -0.2) is 13.2 Å². The highest BCUT2D eigenvalue weighted by Crippen LogP contribution is 2.35. The Morgan fingerprint density at radius 3 is 1.35 bits per heavy atom. The highest BCUT2D eigenvalue weighted by atomic mass is 19.1. The monoisotopic (exact) mass is 1410 g/mol. The molecule has 3 aliphatic heterocycles. The van der Waals surface area contributed by atoms with Crippen LogP contribution in [0.4, 0.5) is 41.7 Å². The zero-order chi connectivity index (χ0) is 74.4. The minimum absolute atomic E-state index is 0.163. The molecule has 4 aliphatic rings. The fourth-order valence-electron chi connectivity index (χ4n) is 14.3. The number of fused-ring (bicyclic) bond motifs is 2. The molecule has 0 unspecified atom stereocenters. The van der Waals surface area contributed by atoms with E-state index in [0.717, 1.165) is 68.6 Å². The number of anilines is 5. The summed E-state index contributed by atoms with van der Waals surface area (Å²) in [6, 6.07) is 20.1. The number of nitrogens with zero attached hydrogens (tertiary/aromatic N) is 7. The van der Waals surface area contributed by atoms with Crippen LogP contribution in [0.3, 0.4) is 0 Å². The van der Waals surface area contributed by atoms with Crippen LogP contribution in [0, 0.1) is 71.8 Å². The third-order valence-corrected chi connectivity index (χ3v) is 20.3. The number of rotatable bonds is 16. The first-order valence-corrected chi connectivity index (χ1v) is 34.8. The van der Waals surface area contributed by atoms with Gasteiger partial charge in [0.15, 0.2) is 5.82 Å². The molecule has 540 valence electrons. The van der Waals surface area contributed by atoms with Crippen molar-refractivity contribution in [1.82, 2.24) is 39.5 Å². The molecule has 1 saturated heterocycles. The maximum atomic E-state index is 13.6. The number of aryl methyl sites for hydroxylation is 3. The molecule has 1 aliphatic carbocycles. The lowest BCUT2D eigenvalue weighted by molar-refractivity contribution is -0.119. The van der Waals surface area contributed by atoms with Crippen molar-refractivity contribution in [3.63, 3.8) is 0 Å². The number of pyridine rings is 1. The molecule has 22 nitrogen and oxygen atoms in total. The van der Waals surface area contributed by atoms with E-state index < -0.39 is 46.5 Å². The number of carbonyl (C=O) groups excluding carboxylic acids is 9. The van der Waals surface area contributed by atoms with Crippen molar-refractivity contribution in [3.8, 4) is 0 Å². The standard InChI is InChI=1S/C27H31FN6O3.C27H34FN3O3.C24H23FN4O3/c1-16-15-19(8-9-20(16)28)30-25(36)22-17(2)23(33(5)18(22)3)24(35)26(37)31-27(4)10-13-34(14-11-27)21-7-6-12-29-32-21;1-16-10-12-27(4,13-11-16)30-26(34)24(32)23-18(3)22(21-7-5-6-14-31(21)23)25(33)29-19-8-9-20(28)17(2)15-19;1-14-12-16(8-9-18(14)25)27-23(31)20-15(2)21(29-11-4-3-7-19(20)29)22(30)24(32)28-17-6-5-10-26-13-17/h6-9,12,15H,10-11,13-14H2,1-5H3,(H,30,36)(H,31,37);8-9,15-16H,5-7,10-14H2,1-4H3,(H,29,33)(H,30,34);5-6,8-10,12-13H,3-4,7,11H2,1-2H3,(H,27,31)(H,28,32). The molecule has 25 heteroatoms. The fourth-order valence-corrected chi connectivity index (χ4v) is 14.3. The van der Waals surface area contributed by atoms with Gasteiger partial charge in [0.2, 0.25) is 0 Å². The number of hydrogen-bond donors (Lipinski definition) is 6. The van der Waals surface area contributed by atoms with Crippen molar-refractivity contribution >= 4 is 81.4 Å². The Morgan fingerprint density at radius 1 is 0.485 bits per heavy atom. The van der Waals surface area contributed by atoms with Gasteiger partial charge in [0.25, 0.3) is 52.8 Å². The molecule has 3 aromatic carbocycles. The number of benzene rings is 3.